The molecule has 3 atom stereocenters. The van der Waals surface area contributed by atoms with Gasteiger partial charge in [0.1, 0.15) is 0 Å². The van der Waals surface area contributed by atoms with E-state index < -0.39 is 0 Å². The first-order valence-corrected chi connectivity index (χ1v) is 19.4. The summed E-state index contributed by atoms with van der Waals surface area (Å²) in [5.41, 5.74) is 0. The van der Waals surface area contributed by atoms with Crippen LogP contribution in [0.3, 0.4) is 0 Å². The van der Waals surface area contributed by atoms with Crippen molar-refractivity contribution < 1.29 is 38.0 Å². The predicted molar refractivity (Wildman–Crippen MR) is 187 cm³/mol. The number of thioether (sulfide) groups is 1. The summed E-state index contributed by atoms with van der Waals surface area (Å²) in [5, 5.41) is 9.31. The number of urea groups is 1. The highest BCUT2D eigenvalue weighted by atomic mass is 32.2. The van der Waals surface area contributed by atoms with Gasteiger partial charge in [0.05, 0.1) is 84.8 Å². The first-order chi connectivity index (χ1) is 22.7. The molecule has 2 rings (SSSR count). The van der Waals surface area contributed by atoms with Gasteiger partial charge in [0.2, 0.25) is 5.91 Å². The van der Waals surface area contributed by atoms with E-state index in [2.05, 4.69) is 28.6 Å². The average molecular weight is 694 g/mol. The highest BCUT2D eigenvalue weighted by Crippen LogP contribution is 2.33. The molecular formula is C33H63N3O8S2. The van der Waals surface area contributed by atoms with E-state index in [0.717, 1.165) is 43.8 Å². The second kappa shape index (κ2) is 30.3. The van der Waals surface area contributed by atoms with Crippen LogP contribution in [0.25, 0.3) is 0 Å². The van der Waals surface area contributed by atoms with Gasteiger partial charge in [0.25, 0.3) is 0 Å². The van der Waals surface area contributed by atoms with Gasteiger partial charge in [-0.2, -0.15) is 24.4 Å². The summed E-state index contributed by atoms with van der Waals surface area (Å²) in [5.74, 6) is 2.04. The Kier molecular flexibility index (Phi) is 27.2. The van der Waals surface area contributed by atoms with Gasteiger partial charge >= 0.3 is 6.03 Å². The van der Waals surface area contributed by atoms with Crippen molar-refractivity contribution in [2.75, 3.05) is 97.3 Å². The van der Waals surface area contributed by atoms with Crippen LogP contribution in [0, 0.1) is 0 Å². The summed E-state index contributed by atoms with van der Waals surface area (Å²) in [4.78, 5) is 23.5. The Morgan fingerprint density at radius 2 is 1.15 bits per heavy atom. The third-order valence-corrected chi connectivity index (χ3v) is 9.78. The quantitative estimate of drug-likeness (QED) is 0.0442. The molecule has 270 valence electrons. The highest BCUT2D eigenvalue weighted by Gasteiger charge is 2.42. The minimum Gasteiger partial charge on any atom is -0.379 e. The lowest BCUT2D eigenvalue weighted by molar-refractivity contribution is -0.121. The van der Waals surface area contributed by atoms with Gasteiger partial charge in [0.15, 0.2) is 0 Å². The van der Waals surface area contributed by atoms with Crippen LogP contribution in [0.2, 0.25) is 0 Å². The van der Waals surface area contributed by atoms with Gasteiger partial charge < -0.3 is 44.4 Å². The van der Waals surface area contributed by atoms with Crippen LogP contribution in [-0.2, 0) is 33.2 Å². The normalized spacial score (nSPS) is 18.9. The average Bonchev–Trinajstić information content (AvgIpc) is 3.61. The Morgan fingerprint density at radius 3 is 1.72 bits per heavy atom. The molecule has 46 heavy (non-hydrogen) atoms. The SMILES string of the molecule is O=C(CCCC[C@@H]1SC[C@@H]2NC(=O)N[C@@H]21)NCCOCCOCCOCCOCCOCCOCCCCCCCCCCCS. The lowest BCUT2D eigenvalue weighted by atomic mass is 10.0. The lowest BCUT2D eigenvalue weighted by Gasteiger charge is -2.16. The minimum atomic E-state index is -0.0534. The Bertz CT molecular complexity index is 743. The fourth-order valence-corrected chi connectivity index (χ4v) is 7.15. The van der Waals surface area contributed by atoms with Crippen LogP contribution >= 0.6 is 24.4 Å². The van der Waals surface area contributed by atoms with Crippen molar-refractivity contribution in [3.63, 3.8) is 0 Å². The van der Waals surface area contributed by atoms with Crippen LogP contribution in [0.1, 0.15) is 83.5 Å². The fourth-order valence-electron chi connectivity index (χ4n) is 5.38. The Morgan fingerprint density at radius 1 is 0.652 bits per heavy atom. The van der Waals surface area contributed by atoms with Crippen molar-refractivity contribution in [2.45, 2.75) is 101 Å². The van der Waals surface area contributed by atoms with E-state index in [4.69, 9.17) is 28.4 Å². The minimum absolute atomic E-state index is 0.0534. The molecule has 2 saturated heterocycles. The van der Waals surface area contributed by atoms with Crippen molar-refractivity contribution >= 4 is 36.3 Å². The molecule has 0 aliphatic carbocycles. The molecule has 3 amide bonds. The summed E-state index contributed by atoms with van der Waals surface area (Å²) >= 11 is 6.16. The molecule has 2 aliphatic rings. The number of rotatable bonds is 34. The number of amides is 3. The number of carbonyl (C=O) groups excluding carboxylic acids is 2. The van der Waals surface area contributed by atoms with E-state index in [1.807, 2.05) is 11.8 Å². The number of nitrogens with one attached hydrogen (secondary N) is 3. The van der Waals surface area contributed by atoms with E-state index in [0.29, 0.717) is 90.9 Å². The number of hydrogen-bond acceptors (Lipinski definition) is 10. The summed E-state index contributed by atoms with van der Waals surface area (Å²) in [6.45, 7) is 7.17. The monoisotopic (exact) mass is 693 g/mol. The van der Waals surface area contributed by atoms with Gasteiger partial charge in [-0.15, -0.1) is 0 Å². The van der Waals surface area contributed by atoms with Gasteiger partial charge in [-0.05, 0) is 31.4 Å². The molecule has 0 radical (unpaired) electrons. The Hall–Kier alpha value is -0.800. The summed E-state index contributed by atoms with van der Waals surface area (Å²) < 4.78 is 33.2. The maximum atomic E-state index is 12.0. The summed E-state index contributed by atoms with van der Waals surface area (Å²) in [6.07, 6.45) is 15.1. The standard InChI is InChI=1S/C33H63N3O8S2/c37-31(13-9-8-12-30-32-29(28-46-30)35-33(38)36-32)34-14-16-40-18-20-42-22-24-44-26-25-43-23-21-41-19-17-39-15-10-6-4-2-1-3-5-7-11-27-45/h29-30,32,45H,1-28H2,(H,34,37)(H2,35,36,38)/t29-,30-,32-/m0/s1. The largest absolute Gasteiger partial charge is 0.379 e. The topological polar surface area (TPSA) is 126 Å². The molecule has 2 aliphatic heterocycles. The predicted octanol–water partition coefficient (Wildman–Crippen LogP) is 4.37. The Labute approximate surface area is 287 Å². The number of fused-ring (bicyclic) bond motifs is 1. The molecular weight excluding hydrogens is 631 g/mol. The number of hydrogen-bond donors (Lipinski definition) is 4. The zero-order valence-corrected chi connectivity index (χ0v) is 29.9. The number of carbonyl (C=O) groups is 2. The van der Waals surface area contributed by atoms with Crippen LogP contribution < -0.4 is 16.0 Å². The zero-order chi connectivity index (χ0) is 32.8. The first-order valence-electron chi connectivity index (χ1n) is 17.7. The van der Waals surface area contributed by atoms with E-state index in [1.54, 1.807) is 0 Å². The highest BCUT2D eigenvalue weighted by molar-refractivity contribution is 8.00. The van der Waals surface area contributed by atoms with Crippen molar-refractivity contribution in [2.24, 2.45) is 0 Å². The second-order valence-electron chi connectivity index (χ2n) is 11.8. The molecule has 0 saturated carbocycles. The summed E-state index contributed by atoms with van der Waals surface area (Å²) in [7, 11) is 0. The fraction of sp³-hybridized carbons (Fsp3) is 0.939. The van der Waals surface area contributed by atoms with Crippen LogP contribution in [0.4, 0.5) is 4.79 Å². The van der Waals surface area contributed by atoms with E-state index >= 15 is 0 Å². The Balaban J connectivity index is 1.17. The molecule has 0 aromatic heterocycles. The summed E-state index contributed by atoms with van der Waals surface area (Å²) in [6, 6.07) is 0.432. The number of unbranched alkanes of at least 4 members (excludes halogenated alkanes) is 9. The maximum Gasteiger partial charge on any atom is 0.315 e. The maximum absolute atomic E-state index is 12.0. The molecule has 2 fully saturated rings. The molecule has 0 aromatic rings. The van der Waals surface area contributed by atoms with E-state index in [-0.39, 0.29) is 24.0 Å². The molecule has 0 bridgehead atoms. The van der Waals surface area contributed by atoms with Crippen LogP contribution in [0.15, 0.2) is 0 Å². The van der Waals surface area contributed by atoms with Crippen LogP contribution in [0.5, 0.6) is 0 Å². The third kappa shape index (κ3) is 22.7. The third-order valence-electron chi connectivity index (χ3n) is 7.96. The molecule has 0 aromatic carbocycles. The van der Waals surface area contributed by atoms with Gasteiger partial charge in [0, 0.05) is 30.6 Å². The molecule has 2 heterocycles. The molecule has 13 heteroatoms. The van der Waals surface area contributed by atoms with Crippen molar-refractivity contribution in [1.29, 1.82) is 0 Å². The van der Waals surface area contributed by atoms with Crippen LogP contribution in [-0.4, -0.2) is 127 Å². The molecule has 0 unspecified atom stereocenters. The second-order valence-corrected chi connectivity index (χ2v) is 13.5. The van der Waals surface area contributed by atoms with Crippen molar-refractivity contribution in [1.82, 2.24) is 16.0 Å². The molecule has 0 spiro atoms. The number of thiol groups is 1. The number of ether oxygens (including phenoxy) is 6. The first kappa shape index (κ1) is 41.4. The smallest absolute Gasteiger partial charge is 0.315 e. The van der Waals surface area contributed by atoms with Gasteiger partial charge in [-0.1, -0.05) is 51.4 Å². The van der Waals surface area contributed by atoms with Gasteiger partial charge in [-0.3, -0.25) is 4.79 Å². The zero-order valence-electron chi connectivity index (χ0n) is 28.2. The molecule has 11 nitrogen and oxygen atoms in total. The van der Waals surface area contributed by atoms with Crippen molar-refractivity contribution in [3.05, 3.63) is 0 Å². The van der Waals surface area contributed by atoms with Crippen molar-refractivity contribution in [3.8, 4) is 0 Å². The molecule has 3 N–H and O–H groups in total. The van der Waals surface area contributed by atoms with E-state index in [9.17, 15) is 9.59 Å². The van der Waals surface area contributed by atoms with E-state index in [1.165, 1.54) is 51.4 Å². The van der Waals surface area contributed by atoms with Gasteiger partial charge in [-0.25, -0.2) is 4.79 Å². The lowest BCUT2D eigenvalue weighted by Crippen LogP contribution is -2.36.